The van der Waals surface area contributed by atoms with Gasteiger partial charge in [-0.2, -0.15) is 0 Å². The molecule has 0 bridgehead atoms. The number of carbonyl (C=O) groups excluding carboxylic acids is 2. The summed E-state index contributed by atoms with van der Waals surface area (Å²) < 4.78 is 13.9. The van der Waals surface area contributed by atoms with Gasteiger partial charge in [0.25, 0.3) is 5.56 Å². The quantitative estimate of drug-likeness (QED) is 0.397. The highest BCUT2D eigenvalue weighted by atomic mass is 35.5. The molecular formula is C21H16ClFN4O3S. The monoisotopic (exact) mass is 458 g/mol. The van der Waals surface area contributed by atoms with Gasteiger partial charge in [-0.1, -0.05) is 47.6 Å². The Kier molecular flexibility index (Phi) is 6.06. The first-order chi connectivity index (χ1) is 14.9. The third-order valence-electron chi connectivity index (χ3n) is 4.64. The van der Waals surface area contributed by atoms with Crippen molar-refractivity contribution in [1.29, 1.82) is 0 Å². The van der Waals surface area contributed by atoms with Gasteiger partial charge in [0.2, 0.25) is 11.8 Å². The van der Waals surface area contributed by atoms with Crippen molar-refractivity contribution in [2.24, 2.45) is 0 Å². The van der Waals surface area contributed by atoms with Crippen LogP contribution in [0, 0.1) is 5.82 Å². The van der Waals surface area contributed by atoms with E-state index in [2.05, 4.69) is 20.6 Å². The predicted molar refractivity (Wildman–Crippen MR) is 117 cm³/mol. The molecule has 0 aliphatic carbocycles. The molecular weight excluding hydrogens is 443 g/mol. The first-order valence-corrected chi connectivity index (χ1v) is 10.6. The van der Waals surface area contributed by atoms with E-state index in [1.54, 1.807) is 18.2 Å². The number of carbonyl (C=O) groups is 2. The summed E-state index contributed by atoms with van der Waals surface area (Å²) in [6.07, 6.45) is -0.243. The Morgan fingerprint density at radius 3 is 2.81 bits per heavy atom. The smallest absolute Gasteiger partial charge is 0.257 e. The van der Waals surface area contributed by atoms with Gasteiger partial charge in [-0.3, -0.25) is 14.4 Å². The van der Waals surface area contributed by atoms with Gasteiger partial charge in [0.05, 0.1) is 17.2 Å². The maximum atomic E-state index is 13.9. The predicted octanol–water partition coefficient (Wildman–Crippen LogP) is 3.92. The summed E-state index contributed by atoms with van der Waals surface area (Å²) >= 11 is 7.24. The van der Waals surface area contributed by atoms with Gasteiger partial charge in [-0.15, -0.1) is 0 Å². The van der Waals surface area contributed by atoms with Gasteiger partial charge in [0, 0.05) is 17.2 Å². The largest absolute Gasteiger partial charge is 0.323 e. The van der Waals surface area contributed by atoms with Crippen LogP contribution in [0.15, 0.2) is 58.5 Å². The van der Waals surface area contributed by atoms with Gasteiger partial charge in [-0.25, -0.2) is 9.37 Å². The molecule has 0 spiro atoms. The Bertz CT molecular complexity index is 1230. The lowest BCUT2D eigenvalue weighted by atomic mass is 9.92. The molecule has 3 aromatic rings. The molecule has 10 heteroatoms. The van der Waals surface area contributed by atoms with Gasteiger partial charge in [-0.05, 0) is 29.8 Å². The van der Waals surface area contributed by atoms with Crippen molar-refractivity contribution < 1.29 is 14.0 Å². The van der Waals surface area contributed by atoms with E-state index in [0.29, 0.717) is 15.9 Å². The van der Waals surface area contributed by atoms with Crippen molar-refractivity contribution in [3.05, 3.63) is 80.9 Å². The average Bonchev–Trinajstić information content (AvgIpc) is 2.73. The Labute approximate surface area is 185 Å². The minimum atomic E-state index is -1.09. The number of hydrogen-bond acceptors (Lipinski definition) is 5. The molecule has 1 aliphatic heterocycles. The molecule has 158 valence electrons. The number of aromatic amines is 1. The van der Waals surface area contributed by atoms with Crippen LogP contribution in [0.3, 0.4) is 0 Å². The SMILES string of the molecule is O=C1C[C@@H](C(=O)Nc2ccccc2F)c2c(nc(SCc3cccc(Cl)c3)[nH]c2=O)N1. The number of fused-ring (bicyclic) bond motifs is 1. The number of para-hydroxylation sites is 1. The molecule has 0 unspecified atom stereocenters. The molecule has 0 radical (unpaired) electrons. The Hall–Kier alpha value is -3.17. The molecule has 0 saturated carbocycles. The summed E-state index contributed by atoms with van der Waals surface area (Å²) in [5, 5.41) is 5.88. The summed E-state index contributed by atoms with van der Waals surface area (Å²) in [7, 11) is 0. The zero-order valence-corrected chi connectivity index (χ0v) is 17.5. The summed E-state index contributed by atoms with van der Waals surface area (Å²) in [5.41, 5.74) is 0.412. The Morgan fingerprint density at radius 1 is 1.23 bits per heavy atom. The van der Waals surface area contributed by atoms with Crippen LogP contribution < -0.4 is 16.2 Å². The summed E-state index contributed by atoms with van der Waals surface area (Å²) in [6.45, 7) is 0. The van der Waals surface area contributed by atoms with E-state index in [0.717, 1.165) is 5.56 Å². The number of H-pyrrole nitrogens is 1. The Morgan fingerprint density at radius 2 is 2.03 bits per heavy atom. The molecule has 1 atom stereocenters. The lowest BCUT2D eigenvalue weighted by molar-refractivity contribution is -0.123. The van der Waals surface area contributed by atoms with Crippen molar-refractivity contribution in [3.8, 4) is 0 Å². The first kappa shape index (κ1) is 21.1. The molecule has 3 N–H and O–H groups in total. The number of benzene rings is 2. The van der Waals surface area contributed by atoms with Crippen molar-refractivity contribution in [2.45, 2.75) is 23.2 Å². The average molecular weight is 459 g/mol. The van der Waals surface area contributed by atoms with Crippen molar-refractivity contribution >= 4 is 46.7 Å². The van der Waals surface area contributed by atoms with Crippen LogP contribution >= 0.6 is 23.4 Å². The maximum absolute atomic E-state index is 13.9. The van der Waals surface area contributed by atoms with Crippen LogP contribution in [-0.4, -0.2) is 21.8 Å². The third-order valence-corrected chi connectivity index (χ3v) is 5.82. The van der Waals surface area contributed by atoms with Crippen molar-refractivity contribution in [1.82, 2.24) is 9.97 Å². The number of amides is 2. The minimum Gasteiger partial charge on any atom is -0.323 e. The molecule has 7 nitrogen and oxygen atoms in total. The molecule has 0 fully saturated rings. The summed E-state index contributed by atoms with van der Waals surface area (Å²) in [4.78, 5) is 44.6. The fourth-order valence-electron chi connectivity index (χ4n) is 3.20. The normalized spacial score (nSPS) is 15.2. The van der Waals surface area contributed by atoms with Crippen LogP contribution in [-0.2, 0) is 15.3 Å². The molecule has 4 rings (SSSR count). The van der Waals surface area contributed by atoms with E-state index in [9.17, 15) is 18.8 Å². The van der Waals surface area contributed by atoms with Crippen LogP contribution in [0.2, 0.25) is 5.02 Å². The van der Waals surface area contributed by atoms with E-state index in [4.69, 9.17) is 11.6 Å². The fourth-order valence-corrected chi connectivity index (χ4v) is 4.22. The number of nitrogens with one attached hydrogen (secondary N) is 3. The second-order valence-electron chi connectivity index (χ2n) is 6.83. The number of aromatic nitrogens is 2. The van der Waals surface area contributed by atoms with E-state index in [-0.39, 0.29) is 23.5 Å². The van der Waals surface area contributed by atoms with Gasteiger partial charge >= 0.3 is 0 Å². The number of thioether (sulfide) groups is 1. The third kappa shape index (κ3) is 4.78. The number of rotatable bonds is 5. The number of nitrogens with zero attached hydrogens (tertiary/aromatic N) is 1. The maximum Gasteiger partial charge on any atom is 0.257 e. The topological polar surface area (TPSA) is 104 Å². The fraction of sp³-hybridized carbons (Fsp3) is 0.143. The van der Waals surface area contributed by atoms with Crippen LogP contribution in [0.25, 0.3) is 0 Å². The standard InChI is InChI=1S/C21H16ClFN4O3S/c22-12-5-3-4-11(8-12)10-31-21-26-18-17(20(30)27-21)13(9-16(28)25-18)19(29)24-15-7-2-1-6-14(15)23/h1-8,13H,9-10H2,(H,24,29)(H2,25,26,27,28,30)/t13-/m1/s1. The number of halogens is 2. The lowest BCUT2D eigenvalue weighted by Crippen LogP contribution is -2.36. The number of anilines is 2. The van der Waals surface area contributed by atoms with E-state index in [1.165, 1.54) is 30.0 Å². The van der Waals surface area contributed by atoms with Crippen molar-refractivity contribution in [2.75, 3.05) is 10.6 Å². The molecule has 2 aromatic carbocycles. The summed E-state index contributed by atoms with van der Waals surface area (Å²) in [6, 6.07) is 12.9. The zero-order valence-electron chi connectivity index (χ0n) is 15.9. The van der Waals surface area contributed by atoms with Gasteiger partial charge < -0.3 is 15.6 Å². The number of hydrogen-bond donors (Lipinski definition) is 3. The highest BCUT2D eigenvalue weighted by Crippen LogP contribution is 2.31. The van der Waals surface area contributed by atoms with Crippen molar-refractivity contribution in [3.63, 3.8) is 0 Å². The highest BCUT2D eigenvalue weighted by Gasteiger charge is 2.35. The van der Waals surface area contributed by atoms with E-state index in [1.807, 2.05) is 12.1 Å². The van der Waals surface area contributed by atoms with Crippen LogP contribution in [0.1, 0.15) is 23.5 Å². The first-order valence-electron chi connectivity index (χ1n) is 9.27. The van der Waals surface area contributed by atoms with E-state index < -0.39 is 29.1 Å². The second kappa shape index (κ2) is 8.91. The Balaban J connectivity index is 1.58. The molecule has 1 aliphatic rings. The molecule has 0 saturated heterocycles. The molecule has 2 heterocycles. The van der Waals surface area contributed by atoms with Crippen LogP contribution in [0.4, 0.5) is 15.9 Å². The molecule has 2 amide bonds. The van der Waals surface area contributed by atoms with Gasteiger partial charge in [0.1, 0.15) is 11.6 Å². The second-order valence-corrected chi connectivity index (χ2v) is 8.23. The minimum absolute atomic E-state index is 0.0295. The van der Waals surface area contributed by atoms with Gasteiger partial charge in [0.15, 0.2) is 5.16 Å². The lowest BCUT2D eigenvalue weighted by Gasteiger charge is -2.23. The van der Waals surface area contributed by atoms with E-state index >= 15 is 0 Å². The molecule has 1 aromatic heterocycles. The highest BCUT2D eigenvalue weighted by molar-refractivity contribution is 7.98. The van der Waals surface area contributed by atoms with Crippen LogP contribution in [0.5, 0.6) is 0 Å². The summed E-state index contributed by atoms with van der Waals surface area (Å²) in [5.74, 6) is -2.30. The zero-order chi connectivity index (χ0) is 22.0. The molecule has 31 heavy (non-hydrogen) atoms.